The van der Waals surface area contributed by atoms with Crippen LogP contribution in [0.3, 0.4) is 0 Å². The minimum Gasteiger partial charge on any atom is -0.350 e. The number of carbonyl (C=O) groups is 1. The maximum atomic E-state index is 11.6. The van der Waals surface area contributed by atoms with Crippen molar-refractivity contribution in [1.29, 1.82) is 0 Å². The Bertz CT molecular complexity index is 253. The molecule has 2 heteroatoms. The first kappa shape index (κ1) is 13.3. The lowest BCUT2D eigenvalue weighted by Gasteiger charge is -2.20. The topological polar surface area (TPSA) is 29.1 Å². The van der Waals surface area contributed by atoms with Gasteiger partial charge in [-0.25, -0.2) is 0 Å². The molecule has 1 amide bonds. The number of amides is 1. The predicted molar refractivity (Wildman–Crippen MR) is 68.2 cm³/mol. The van der Waals surface area contributed by atoms with Crippen LogP contribution >= 0.6 is 0 Å². The zero-order valence-corrected chi connectivity index (χ0v) is 10.9. The van der Waals surface area contributed by atoms with Gasteiger partial charge in [0.2, 0.25) is 5.91 Å². The molecule has 1 fully saturated rings. The summed E-state index contributed by atoms with van der Waals surface area (Å²) in [6, 6.07) is 0.426. The summed E-state index contributed by atoms with van der Waals surface area (Å²) >= 11 is 0. The first-order valence-electron chi connectivity index (χ1n) is 6.59. The molecule has 1 aliphatic carbocycles. The highest BCUT2D eigenvalue weighted by Gasteiger charge is 2.27. The van der Waals surface area contributed by atoms with E-state index >= 15 is 0 Å². The lowest BCUT2D eigenvalue weighted by molar-refractivity contribution is -0.117. The van der Waals surface area contributed by atoms with Crippen LogP contribution in [0.25, 0.3) is 0 Å². The van der Waals surface area contributed by atoms with Gasteiger partial charge in [-0.2, -0.15) is 0 Å². The summed E-state index contributed by atoms with van der Waals surface area (Å²) in [6.07, 6.45) is 9.25. The molecule has 1 aliphatic rings. The Morgan fingerprint density at radius 3 is 2.75 bits per heavy atom. The molecule has 0 aromatic heterocycles. The van der Waals surface area contributed by atoms with E-state index in [-0.39, 0.29) is 5.91 Å². The maximum Gasteiger partial charge on any atom is 0.244 e. The van der Waals surface area contributed by atoms with Crippen LogP contribution < -0.4 is 5.32 Å². The molecule has 0 saturated heterocycles. The summed E-state index contributed by atoms with van der Waals surface area (Å²) in [7, 11) is 0. The quantitative estimate of drug-likeness (QED) is 0.711. The van der Waals surface area contributed by atoms with Crippen LogP contribution in [0.2, 0.25) is 0 Å². The molecule has 0 aromatic carbocycles. The van der Waals surface area contributed by atoms with Crippen LogP contribution in [-0.4, -0.2) is 11.9 Å². The number of nitrogens with one attached hydrogen (secondary N) is 1. The number of hydrogen-bond donors (Lipinski definition) is 1. The average molecular weight is 223 g/mol. The summed E-state index contributed by atoms with van der Waals surface area (Å²) in [4.78, 5) is 11.6. The van der Waals surface area contributed by atoms with E-state index in [1.165, 1.54) is 32.1 Å². The van der Waals surface area contributed by atoms with Crippen molar-refractivity contribution >= 4 is 5.91 Å². The Morgan fingerprint density at radius 2 is 2.12 bits per heavy atom. The minimum absolute atomic E-state index is 0.0911. The van der Waals surface area contributed by atoms with Crippen molar-refractivity contribution in [2.45, 2.75) is 65.3 Å². The standard InChI is InChI=1S/C14H25NO/c1-4-5-7-12-8-6-9-13(12)15-14(16)10-11(2)3/h10,12-13H,4-9H2,1-3H3,(H,15,16)/t12-,13+/m0/s1. The van der Waals surface area contributed by atoms with E-state index in [4.69, 9.17) is 0 Å². The summed E-state index contributed by atoms with van der Waals surface area (Å²) in [6.45, 7) is 6.15. The molecule has 0 unspecified atom stereocenters. The van der Waals surface area contributed by atoms with Gasteiger partial charge in [0, 0.05) is 12.1 Å². The van der Waals surface area contributed by atoms with Gasteiger partial charge in [0.1, 0.15) is 0 Å². The van der Waals surface area contributed by atoms with Crippen molar-refractivity contribution in [3.8, 4) is 0 Å². The van der Waals surface area contributed by atoms with Gasteiger partial charge in [-0.05, 0) is 39.0 Å². The number of allylic oxidation sites excluding steroid dienone is 1. The third-order valence-corrected chi connectivity index (χ3v) is 3.33. The largest absolute Gasteiger partial charge is 0.350 e. The summed E-state index contributed by atoms with van der Waals surface area (Å²) in [5.74, 6) is 0.808. The van der Waals surface area contributed by atoms with E-state index in [9.17, 15) is 4.79 Å². The zero-order valence-electron chi connectivity index (χ0n) is 10.9. The molecule has 0 aliphatic heterocycles. The van der Waals surface area contributed by atoms with Gasteiger partial charge < -0.3 is 5.32 Å². The highest BCUT2D eigenvalue weighted by Crippen LogP contribution is 2.29. The molecule has 92 valence electrons. The number of unbranched alkanes of at least 4 members (excludes halogenated alkanes) is 1. The van der Waals surface area contributed by atoms with E-state index in [0.29, 0.717) is 6.04 Å². The number of rotatable bonds is 5. The smallest absolute Gasteiger partial charge is 0.244 e. The van der Waals surface area contributed by atoms with Gasteiger partial charge in [-0.15, -0.1) is 0 Å². The molecule has 0 radical (unpaired) electrons. The minimum atomic E-state index is 0.0911. The van der Waals surface area contributed by atoms with Crippen LogP contribution in [0, 0.1) is 5.92 Å². The van der Waals surface area contributed by atoms with Crippen LogP contribution in [0.15, 0.2) is 11.6 Å². The van der Waals surface area contributed by atoms with Crippen molar-refractivity contribution in [3.63, 3.8) is 0 Å². The van der Waals surface area contributed by atoms with Crippen molar-refractivity contribution in [2.24, 2.45) is 5.92 Å². The summed E-state index contributed by atoms with van der Waals surface area (Å²) in [5.41, 5.74) is 1.07. The molecule has 2 nitrogen and oxygen atoms in total. The molecule has 2 atom stereocenters. The van der Waals surface area contributed by atoms with Crippen LogP contribution in [0.4, 0.5) is 0 Å². The molecule has 1 rings (SSSR count). The highest BCUT2D eigenvalue weighted by atomic mass is 16.1. The Balaban J connectivity index is 2.40. The Labute approximate surface area is 99.5 Å². The van der Waals surface area contributed by atoms with E-state index in [1.54, 1.807) is 6.08 Å². The first-order valence-corrected chi connectivity index (χ1v) is 6.59. The second-order valence-corrected chi connectivity index (χ2v) is 5.17. The van der Waals surface area contributed by atoms with E-state index < -0.39 is 0 Å². The van der Waals surface area contributed by atoms with Gasteiger partial charge in [0.15, 0.2) is 0 Å². The summed E-state index contributed by atoms with van der Waals surface area (Å²) < 4.78 is 0. The second kappa shape index (κ2) is 6.72. The molecule has 0 bridgehead atoms. The fourth-order valence-corrected chi connectivity index (χ4v) is 2.53. The van der Waals surface area contributed by atoms with E-state index in [1.807, 2.05) is 13.8 Å². The molecule has 1 N–H and O–H groups in total. The molecule has 0 aromatic rings. The second-order valence-electron chi connectivity index (χ2n) is 5.17. The van der Waals surface area contributed by atoms with E-state index in [2.05, 4.69) is 12.2 Å². The van der Waals surface area contributed by atoms with Crippen LogP contribution in [-0.2, 0) is 4.79 Å². The molecular weight excluding hydrogens is 198 g/mol. The molecule has 0 heterocycles. The number of carbonyl (C=O) groups excluding carboxylic acids is 1. The Hall–Kier alpha value is -0.790. The fourth-order valence-electron chi connectivity index (χ4n) is 2.53. The monoisotopic (exact) mass is 223 g/mol. The molecule has 1 saturated carbocycles. The third-order valence-electron chi connectivity index (χ3n) is 3.33. The SMILES string of the molecule is CCCC[C@H]1CCC[C@H]1NC(=O)C=C(C)C. The third kappa shape index (κ3) is 4.38. The molecular formula is C14H25NO. The van der Waals surface area contributed by atoms with Gasteiger partial charge in [-0.1, -0.05) is 31.8 Å². The van der Waals surface area contributed by atoms with Crippen molar-refractivity contribution in [3.05, 3.63) is 11.6 Å². The van der Waals surface area contributed by atoms with Gasteiger partial charge in [-0.3, -0.25) is 4.79 Å². The maximum absolute atomic E-state index is 11.6. The molecule has 16 heavy (non-hydrogen) atoms. The Kier molecular flexibility index (Phi) is 5.58. The normalized spacial score (nSPS) is 24.2. The Morgan fingerprint density at radius 1 is 1.38 bits per heavy atom. The lowest BCUT2D eigenvalue weighted by Crippen LogP contribution is -2.36. The first-order chi connectivity index (χ1) is 7.63. The van der Waals surface area contributed by atoms with Crippen molar-refractivity contribution in [2.75, 3.05) is 0 Å². The fraction of sp³-hybridized carbons (Fsp3) is 0.786. The average Bonchev–Trinajstić information content (AvgIpc) is 2.61. The van der Waals surface area contributed by atoms with Gasteiger partial charge in [0.25, 0.3) is 0 Å². The van der Waals surface area contributed by atoms with Crippen LogP contribution in [0.1, 0.15) is 59.3 Å². The lowest BCUT2D eigenvalue weighted by atomic mass is 9.97. The number of hydrogen-bond acceptors (Lipinski definition) is 1. The van der Waals surface area contributed by atoms with Gasteiger partial charge >= 0.3 is 0 Å². The zero-order chi connectivity index (χ0) is 12.0. The van der Waals surface area contributed by atoms with Crippen molar-refractivity contribution < 1.29 is 4.79 Å². The van der Waals surface area contributed by atoms with Crippen molar-refractivity contribution in [1.82, 2.24) is 5.32 Å². The van der Waals surface area contributed by atoms with Crippen LogP contribution in [0.5, 0.6) is 0 Å². The highest BCUT2D eigenvalue weighted by molar-refractivity contribution is 5.88. The summed E-state index contributed by atoms with van der Waals surface area (Å²) in [5, 5.41) is 3.15. The molecule has 0 spiro atoms. The predicted octanol–water partition coefficient (Wildman–Crippen LogP) is 3.43. The van der Waals surface area contributed by atoms with Gasteiger partial charge in [0.05, 0.1) is 0 Å². The van der Waals surface area contributed by atoms with E-state index in [0.717, 1.165) is 17.9 Å².